The number of benzene rings is 3. The van der Waals surface area contributed by atoms with Gasteiger partial charge in [0.1, 0.15) is 30.3 Å². The van der Waals surface area contributed by atoms with Crippen molar-refractivity contribution in [2.45, 2.75) is 50.9 Å². The SMILES string of the molecule is C[C@H](NC(=O)[C@H]1C[C@@H](c2ccc(F)cc2)CCN1C(=O)O)C(=O)NCc1ccc(C(=N)NC(=O)OCc2ccccc2)cc1. The molecule has 1 aliphatic heterocycles. The summed E-state index contributed by atoms with van der Waals surface area (Å²) in [6, 6.07) is 19.8. The van der Waals surface area contributed by atoms with Crippen LogP contribution in [0.15, 0.2) is 78.9 Å². The lowest BCUT2D eigenvalue weighted by molar-refractivity contribution is -0.132. The first kappa shape index (κ1) is 31.7. The summed E-state index contributed by atoms with van der Waals surface area (Å²) in [6.07, 6.45) is -1.28. The van der Waals surface area contributed by atoms with Crippen molar-refractivity contribution in [3.05, 3.63) is 107 Å². The van der Waals surface area contributed by atoms with Gasteiger partial charge in [-0.1, -0.05) is 66.7 Å². The number of halogens is 1. The van der Waals surface area contributed by atoms with Gasteiger partial charge in [0.05, 0.1) is 0 Å². The van der Waals surface area contributed by atoms with Crippen LogP contribution in [0.3, 0.4) is 0 Å². The maximum atomic E-state index is 13.4. The predicted octanol–water partition coefficient (Wildman–Crippen LogP) is 4.12. The Labute approximate surface area is 253 Å². The van der Waals surface area contributed by atoms with Gasteiger partial charge in [-0.05, 0) is 54.5 Å². The van der Waals surface area contributed by atoms with Crippen LogP contribution >= 0.6 is 0 Å². The summed E-state index contributed by atoms with van der Waals surface area (Å²) in [5.41, 5.74) is 2.79. The molecule has 230 valence electrons. The van der Waals surface area contributed by atoms with Crippen molar-refractivity contribution >= 4 is 29.8 Å². The van der Waals surface area contributed by atoms with Crippen LogP contribution in [0.4, 0.5) is 14.0 Å². The summed E-state index contributed by atoms with van der Waals surface area (Å²) in [5.74, 6) is -1.71. The predicted molar refractivity (Wildman–Crippen MR) is 159 cm³/mol. The summed E-state index contributed by atoms with van der Waals surface area (Å²) in [7, 11) is 0. The molecule has 4 amide bonds. The van der Waals surface area contributed by atoms with E-state index in [4.69, 9.17) is 10.1 Å². The Morgan fingerprint density at radius 2 is 1.68 bits per heavy atom. The highest BCUT2D eigenvalue weighted by Gasteiger charge is 2.37. The maximum absolute atomic E-state index is 13.4. The number of alkyl carbamates (subject to hydrolysis) is 1. The zero-order chi connectivity index (χ0) is 31.6. The number of carbonyl (C=O) groups excluding carboxylic acids is 3. The van der Waals surface area contributed by atoms with Gasteiger partial charge in [-0.25, -0.2) is 14.0 Å². The molecule has 0 aromatic heterocycles. The minimum Gasteiger partial charge on any atom is -0.465 e. The Morgan fingerprint density at radius 1 is 1.00 bits per heavy atom. The molecular formula is C32H34FN5O6. The number of nitrogens with one attached hydrogen (secondary N) is 4. The lowest BCUT2D eigenvalue weighted by Crippen LogP contribution is -2.56. The molecule has 1 saturated heterocycles. The highest BCUT2D eigenvalue weighted by atomic mass is 19.1. The Hall–Kier alpha value is -5.26. The number of likely N-dealkylation sites (tertiary alicyclic amines) is 1. The fraction of sp³-hybridized carbons (Fsp3) is 0.281. The monoisotopic (exact) mass is 603 g/mol. The van der Waals surface area contributed by atoms with Gasteiger partial charge in [0.15, 0.2) is 0 Å². The highest BCUT2D eigenvalue weighted by Crippen LogP contribution is 2.32. The Kier molecular flexibility index (Phi) is 10.6. The van der Waals surface area contributed by atoms with Crippen LogP contribution < -0.4 is 16.0 Å². The van der Waals surface area contributed by atoms with E-state index in [1.807, 2.05) is 30.3 Å². The number of hydrogen-bond donors (Lipinski definition) is 5. The van der Waals surface area contributed by atoms with E-state index >= 15 is 0 Å². The molecule has 1 heterocycles. The third-order valence-corrected chi connectivity index (χ3v) is 7.39. The molecule has 1 fully saturated rings. The molecule has 0 aliphatic carbocycles. The molecule has 3 aromatic rings. The van der Waals surface area contributed by atoms with E-state index in [0.29, 0.717) is 17.5 Å². The van der Waals surface area contributed by atoms with Gasteiger partial charge in [-0.3, -0.25) is 25.2 Å². The molecule has 3 atom stereocenters. The molecule has 0 unspecified atom stereocenters. The third-order valence-electron chi connectivity index (χ3n) is 7.39. The van der Waals surface area contributed by atoms with E-state index in [-0.39, 0.29) is 43.7 Å². The number of amidine groups is 1. The van der Waals surface area contributed by atoms with E-state index < -0.39 is 36.1 Å². The summed E-state index contributed by atoms with van der Waals surface area (Å²) in [6.45, 7) is 1.85. The number of amides is 4. The van der Waals surface area contributed by atoms with Crippen LogP contribution in [0.5, 0.6) is 0 Å². The van der Waals surface area contributed by atoms with Crippen LogP contribution in [-0.2, 0) is 27.5 Å². The van der Waals surface area contributed by atoms with E-state index in [1.54, 1.807) is 36.4 Å². The average Bonchev–Trinajstić information content (AvgIpc) is 3.03. The zero-order valence-electron chi connectivity index (χ0n) is 24.1. The fourth-order valence-electron chi connectivity index (χ4n) is 4.92. The van der Waals surface area contributed by atoms with Gasteiger partial charge in [0, 0.05) is 18.7 Å². The zero-order valence-corrected chi connectivity index (χ0v) is 24.1. The van der Waals surface area contributed by atoms with E-state index in [9.17, 15) is 28.7 Å². The second-order valence-corrected chi connectivity index (χ2v) is 10.5. The lowest BCUT2D eigenvalue weighted by Gasteiger charge is -2.37. The summed E-state index contributed by atoms with van der Waals surface area (Å²) < 4.78 is 18.5. The molecule has 0 radical (unpaired) electrons. The van der Waals surface area contributed by atoms with Crippen molar-refractivity contribution in [1.82, 2.24) is 20.9 Å². The van der Waals surface area contributed by atoms with Gasteiger partial charge in [-0.2, -0.15) is 0 Å². The molecule has 4 rings (SSSR count). The number of rotatable bonds is 9. The summed E-state index contributed by atoms with van der Waals surface area (Å²) >= 11 is 0. The van der Waals surface area contributed by atoms with Gasteiger partial charge >= 0.3 is 12.2 Å². The van der Waals surface area contributed by atoms with Crippen molar-refractivity contribution in [3.8, 4) is 0 Å². The van der Waals surface area contributed by atoms with Crippen molar-refractivity contribution < 1.29 is 33.4 Å². The van der Waals surface area contributed by atoms with Gasteiger partial charge in [-0.15, -0.1) is 0 Å². The first-order chi connectivity index (χ1) is 21.1. The van der Waals surface area contributed by atoms with Crippen molar-refractivity contribution in [2.24, 2.45) is 0 Å². The van der Waals surface area contributed by atoms with Crippen molar-refractivity contribution in [2.75, 3.05) is 6.54 Å². The van der Waals surface area contributed by atoms with Crippen molar-refractivity contribution in [3.63, 3.8) is 0 Å². The van der Waals surface area contributed by atoms with Crippen LogP contribution in [0.2, 0.25) is 0 Å². The normalized spacial score (nSPS) is 16.7. The Bertz CT molecular complexity index is 1480. The lowest BCUT2D eigenvalue weighted by atomic mass is 9.85. The number of hydrogen-bond acceptors (Lipinski definition) is 6. The van der Waals surface area contributed by atoms with Crippen LogP contribution in [0, 0.1) is 11.2 Å². The van der Waals surface area contributed by atoms with Crippen molar-refractivity contribution in [1.29, 1.82) is 5.41 Å². The second-order valence-electron chi connectivity index (χ2n) is 10.5. The van der Waals surface area contributed by atoms with Crippen LogP contribution in [-0.4, -0.2) is 58.5 Å². The van der Waals surface area contributed by atoms with Gasteiger partial charge in [0.25, 0.3) is 0 Å². The second kappa shape index (κ2) is 14.8. The molecule has 11 nitrogen and oxygen atoms in total. The minimum absolute atomic E-state index is 0.0758. The van der Waals surface area contributed by atoms with E-state index in [2.05, 4.69) is 16.0 Å². The summed E-state index contributed by atoms with van der Waals surface area (Å²) in [5, 5.41) is 25.5. The number of nitrogens with zero attached hydrogens (tertiary/aromatic N) is 1. The number of carboxylic acid groups (broad SMARTS) is 1. The van der Waals surface area contributed by atoms with E-state index in [0.717, 1.165) is 16.0 Å². The largest absolute Gasteiger partial charge is 0.465 e. The van der Waals surface area contributed by atoms with Crippen LogP contribution in [0.1, 0.15) is 47.9 Å². The molecule has 1 aliphatic rings. The Morgan fingerprint density at radius 3 is 2.34 bits per heavy atom. The number of piperidine rings is 1. The fourth-order valence-corrected chi connectivity index (χ4v) is 4.92. The first-order valence-electron chi connectivity index (χ1n) is 14.1. The molecule has 3 aromatic carbocycles. The first-order valence-corrected chi connectivity index (χ1v) is 14.1. The van der Waals surface area contributed by atoms with Gasteiger partial charge in [0.2, 0.25) is 11.8 Å². The van der Waals surface area contributed by atoms with Gasteiger partial charge < -0.3 is 20.5 Å². The topological polar surface area (TPSA) is 161 Å². The molecule has 0 spiro atoms. The highest BCUT2D eigenvalue weighted by molar-refractivity contribution is 6.04. The van der Waals surface area contributed by atoms with Crippen LogP contribution in [0.25, 0.3) is 0 Å². The Balaban J connectivity index is 1.25. The molecule has 0 saturated carbocycles. The average molecular weight is 604 g/mol. The molecule has 0 bridgehead atoms. The third kappa shape index (κ3) is 8.63. The molecule has 44 heavy (non-hydrogen) atoms. The molecule has 12 heteroatoms. The van der Waals surface area contributed by atoms with E-state index in [1.165, 1.54) is 19.1 Å². The molecular weight excluding hydrogens is 569 g/mol. The summed E-state index contributed by atoms with van der Waals surface area (Å²) in [4.78, 5) is 50.8. The minimum atomic E-state index is -1.23. The quantitative estimate of drug-likeness (QED) is 0.183. The number of carbonyl (C=O) groups is 4. The maximum Gasteiger partial charge on any atom is 0.413 e. The standard InChI is InChI=1S/C32H34FN5O6/c1-20(36-30(40)27-17-25(15-16-38(27)32(42)43)23-11-13-26(33)14-12-23)29(39)35-18-21-7-9-24(10-8-21)28(34)37-31(41)44-19-22-5-3-2-4-6-22/h2-14,20,25,27H,15-19H2,1H3,(H,35,39)(H,36,40)(H,42,43)(H2,34,37,41)/t20-,25-,27+/m0/s1. The molecule has 5 N–H and O–H groups in total. The number of ether oxygens (including phenoxy) is 1. The smallest absolute Gasteiger partial charge is 0.413 e.